The van der Waals surface area contributed by atoms with Crippen LogP contribution in [0.1, 0.15) is 31.8 Å². The molecule has 154 valence electrons. The van der Waals surface area contributed by atoms with Crippen LogP contribution in [0.3, 0.4) is 0 Å². The van der Waals surface area contributed by atoms with Gasteiger partial charge in [-0.25, -0.2) is 0 Å². The van der Waals surface area contributed by atoms with Crippen LogP contribution in [0, 0.1) is 0 Å². The number of phenols is 1. The lowest BCUT2D eigenvalue weighted by molar-refractivity contribution is 0.103. The molecule has 6 nitrogen and oxygen atoms in total. The van der Waals surface area contributed by atoms with Gasteiger partial charge in [0.15, 0.2) is 11.6 Å². The topological polar surface area (TPSA) is 85.1 Å². The third-order valence-electron chi connectivity index (χ3n) is 5.14. The van der Waals surface area contributed by atoms with Crippen molar-refractivity contribution >= 4 is 22.6 Å². The standard InChI is InChI=1S/C26H17N3O3/c30-19-15-20(25(31)17-9-3-1-4-10-17)24(29-27-22-13-7-8-14-23(22)28-29)21(16-19)26(32)18-11-5-2-6-12-18/h1-16,30H. The molecule has 1 N–H and O–H groups in total. The summed E-state index contributed by atoms with van der Waals surface area (Å²) in [6.45, 7) is 0. The molecule has 32 heavy (non-hydrogen) atoms. The Morgan fingerprint density at radius 3 is 1.47 bits per heavy atom. The van der Waals surface area contributed by atoms with Crippen molar-refractivity contribution in [2.75, 3.05) is 0 Å². The fourth-order valence-corrected chi connectivity index (χ4v) is 3.63. The summed E-state index contributed by atoms with van der Waals surface area (Å²) in [4.78, 5) is 28.2. The summed E-state index contributed by atoms with van der Waals surface area (Å²) in [5, 5.41) is 19.5. The third kappa shape index (κ3) is 3.44. The van der Waals surface area contributed by atoms with E-state index in [0.717, 1.165) is 0 Å². The minimum atomic E-state index is -0.347. The second-order valence-electron chi connectivity index (χ2n) is 7.26. The van der Waals surface area contributed by atoms with Crippen LogP contribution < -0.4 is 0 Å². The maximum Gasteiger partial charge on any atom is 0.195 e. The first kappa shape index (κ1) is 19.4. The van der Waals surface area contributed by atoms with Crippen molar-refractivity contribution in [2.45, 2.75) is 0 Å². The number of benzene rings is 4. The highest BCUT2D eigenvalue weighted by molar-refractivity contribution is 6.17. The molecule has 6 heteroatoms. The zero-order valence-electron chi connectivity index (χ0n) is 16.8. The largest absolute Gasteiger partial charge is 0.508 e. The number of aromatic hydroxyl groups is 1. The lowest BCUT2D eigenvalue weighted by atomic mass is 9.94. The number of carbonyl (C=O) groups excluding carboxylic acids is 2. The minimum absolute atomic E-state index is 0.135. The third-order valence-corrected chi connectivity index (χ3v) is 5.14. The Morgan fingerprint density at radius 1 is 0.625 bits per heavy atom. The van der Waals surface area contributed by atoms with Gasteiger partial charge in [-0.15, -0.1) is 15.0 Å². The fraction of sp³-hybridized carbons (Fsp3) is 0. The normalized spacial score (nSPS) is 10.9. The highest BCUT2D eigenvalue weighted by Gasteiger charge is 2.25. The highest BCUT2D eigenvalue weighted by Crippen LogP contribution is 2.29. The molecule has 0 radical (unpaired) electrons. The van der Waals surface area contributed by atoms with Crippen LogP contribution in [0.15, 0.2) is 97.1 Å². The van der Waals surface area contributed by atoms with Crippen LogP contribution in [0.2, 0.25) is 0 Å². The van der Waals surface area contributed by atoms with Crippen LogP contribution in [0.5, 0.6) is 5.75 Å². The van der Waals surface area contributed by atoms with E-state index in [0.29, 0.717) is 22.2 Å². The average molecular weight is 419 g/mol. The van der Waals surface area contributed by atoms with Crippen LogP contribution in [0.25, 0.3) is 16.7 Å². The van der Waals surface area contributed by atoms with E-state index < -0.39 is 0 Å². The molecule has 0 atom stereocenters. The SMILES string of the molecule is O=C(c1ccccc1)c1cc(O)cc(C(=O)c2ccccc2)c1-n1nc2ccccc2n1. The van der Waals surface area contributed by atoms with Gasteiger partial charge >= 0.3 is 0 Å². The molecule has 0 bridgehead atoms. The first-order chi connectivity index (χ1) is 15.6. The summed E-state index contributed by atoms with van der Waals surface area (Å²) in [5.41, 5.74) is 2.59. The van der Waals surface area contributed by atoms with Gasteiger partial charge in [0.1, 0.15) is 22.5 Å². The summed E-state index contributed by atoms with van der Waals surface area (Å²) in [5.74, 6) is -0.885. The van der Waals surface area contributed by atoms with Gasteiger partial charge in [-0.05, 0) is 24.3 Å². The van der Waals surface area contributed by atoms with Crippen molar-refractivity contribution in [3.63, 3.8) is 0 Å². The molecule has 1 aromatic heterocycles. The molecular weight excluding hydrogens is 402 g/mol. The van der Waals surface area contributed by atoms with Crippen molar-refractivity contribution < 1.29 is 14.7 Å². The maximum absolute atomic E-state index is 13.4. The van der Waals surface area contributed by atoms with Crippen LogP contribution in [-0.4, -0.2) is 31.7 Å². The van der Waals surface area contributed by atoms with E-state index in [1.54, 1.807) is 60.7 Å². The van der Waals surface area contributed by atoms with Gasteiger partial charge < -0.3 is 5.11 Å². The Bertz CT molecular complexity index is 1350. The first-order valence-corrected chi connectivity index (χ1v) is 10.0. The van der Waals surface area contributed by atoms with Gasteiger partial charge in [0.2, 0.25) is 0 Å². The van der Waals surface area contributed by atoms with E-state index in [4.69, 9.17) is 0 Å². The molecule has 0 saturated heterocycles. The van der Waals surface area contributed by atoms with E-state index in [2.05, 4.69) is 10.2 Å². The zero-order chi connectivity index (χ0) is 22.1. The lowest BCUT2D eigenvalue weighted by Gasteiger charge is -2.14. The number of ketones is 2. The zero-order valence-corrected chi connectivity index (χ0v) is 16.8. The first-order valence-electron chi connectivity index (χ1n) is 10.0. The summed E-state index contributed by atoms with van der Waals surface area (Å²) in [7, 11) is 0. The summed E-state index contributed by atoms with van der Waals surface area (Å²) < 4.78 is 0. The van der Waals surface area contributed by atoms with Crippen molar-refractivity contribution in [1.82, 2.24) is 15.0 Å². The molecule has 0 fully saturated rings. The van der Waals surface area contributed by atoms with Gasteiger partial charge in [-0.2, -0.15) is 0 Å². The summed E-state index contributed by atoms with van der Waals surface area (Å²) in [6, 6.07) is 27.4. The van der Waals surface area contributed by atoms with Crippen LogP contribution >= 0.6 is 0 Å². The number of nitrogens with zero attached hydrogens (tertiary/aromatic N) is 3. The predicted octanol–water partition coefficient (Wildman–Crippen LogP) is 4.59. The molecule has 1 heterocycles. The molecule has 0 aliphatic heterocycles. The molecule has 4 aromatic carbocycles. The summed E-state index contributed by atoms with van der Waals surface area (Å²) >= 11 is 0. The van der Waals surface area contributed by atoms with Crippen molar-refractivity contribution in [1.29, 1.82) is 0 Å². The molecule has 0 spiro atoms. The Labute approximate surface area is 183 Å². The Balaban J connectivity index is 1.79. The molecule has 0 unspecified atom stereocenters. The molecule has 5 aromatic rings. The average Bonchev–Trinajstić information content (AvgIpc) is 3.27. The van der Waals surface area contributed by atoms with Gasteiger partial charge in [0.25, 0.3) is 0 Å². The number of carbonyl (C=O) groups is 2. The maximum atomic E-state index is 13.4. The highest BCUT2D eigenvalue weighted by atomic mass is 16.3. The van der Waals surface area contributed by atoms with E-state index in [9.17, 15) is 14.7 Å². The number of phenolic OH excluding ortho intramolecular Hbond substituents is 1. The van der Waals surface area contributed by atoms with Gasteiger partial charge in [0, 0.05) is 11.1 Å². The fourth-order valence-electron chi connectivity index (χ4n) is 3.63. The molecule has 0 saturated carbocycles. The quantitative estimate of drug-likeness (QED) is 0.421. The Hall–Kier alpha value is -4.58. The van der Waals surface area contributed by atoms with Crippen LogP contribution in [0.4, 0.5) is 0 Å². The van der Waals surface area contributed by atoms with Gasteiger partial charge in [-0.1, -0.05) is 72.8 Å². The minimum Gasteiger partial charge on any atom is -0.508 e. The smallest absolute Gasteiger partial charge is 0.195 e. The number of hydrogen-bond acceptors (Lipinski definition) is 5. The van der Waals surface area contributed by atoms with E-state index in [1.165, 1.54) is 16.9 Å². The number of hydrogen-bond donors (Lipinski definition) is 1. The van der Waals surface area contributed by atoms with Gasteiger partial charge in [-0.3, -0.25) is 9.59 Å². The molecule has 0 aliphatic carbocycles. The van der Waals surface area contributed by atoms with Crippen molar-refractivity contribution in [2.24, 2.45) is 0 Å². The summed E-state index contributed by atoms with van der Waals surface area (Å²) in [6.07, 6.45) is 0. The molecule has 0 amide bonds. The number of aromatic nitrogens is 3. The molecule has 5 rings (SSSR count). The monoisotopic (exact) mass is 419 g/mol. The van der Waals surface area contributed by atoms with E-state index >= 15 is 0 Å². The van der Waals surface area contributed by atoms with Crippen molar-refractivity contribution in [3.05, 3.63) is 119 Å². The van der Waals surface area contributed by atoms with Crippen LogP contribution in [-0.2, 0) is 0 Å². The van der Waals surface area contributed by atoms with Crippen molar-refractivity contribution in [3.8, 4) is 11.4 Å². The second-order valence-corrected chi connectivity index (χ2v) is 7.26. The number of rotatable bonds is 5. The molecular formula is C26H17N3O3. The Morgan fingerprint density at radius 2 is 1.03 bits per heavy atom. The lowest BCUT2D eigenvalue weighted by Crippen LogP contribution is -2.15. The second kappa shape index (κ2) is 7.92. The number of fused-ring (bicyclic) bond motifs is 1. The molecule has 0 aliphatic rings. The predicted molar refractivity (Wildman–Crippen MR) is 120 cm³/mol. The van der Waals surface area contributed by atoms with Gasteiger partial charge in [0.05, 0.1) is 11.1 Å². The Kier molecular flexibility index (Phi) is 4.80. The van der Waals surface area contributed by atoms with E-state index in [-0.39, 0.29) is 34.1 Å². The van der Waals surface area contributed by atoms with E-state index in [1.807, 2.05) is 24.3 Å².